The van der Waals surface area contributed by atoms with Gasteiger partial charge in [-0.05, 0) is 30.5 Å². The highest BCUT2D eigenvalue weighted by Gasteiger charge is 2.17. The maximum Gasteiger partial charge on any atom is 0.237 e. The predicted molar refractivity (Wildman–Crippen MR) is 82.8 cm³/mol. The molecule has 1 aromatic rings. The minimum absolute atomic E-state index is 0. The van der Waals surface area contributed by atoms with E-state index in [2.05, 4.69) is 5.32 Å². The van der Waals surface area contributed by atoms with Gasteiger partial charge in [0.1, 0.15) is 0 Å². The van der Waals surface area contributed by atoms with E-state index < -0.39 is 6.04 Å². The summed E-state index contributed by atoms with van der Waals surface area (Å²) in [7, 11) is 0. The SMILES string of the molecule is CCCC(N)C(=O)NC(CC)c1ccc(Cl)cc1.Cl. The molecule has 0 saturated carbocycles. The van der Waals surface area contributed by atoms with Crippen LogP contribution in [0.25, 0.3) is 0 Å². The Morgan fingerprint density at radius 2 is 1.89 bits per heavy atom. The number of amides is 1. The van der Waals surface area contributed by atoms with Crippen LogP contribution in [0.2, 0.25) is 5.02 Å². The molecular weight excluding hydrogens is 283 g/mol. The normalized spacial score (nSPS) is 13.3. The second kappa shape index (κ2) is 9.18. The molecule has 0 saturated heterocycles. The Labute approximate surface area is 126 Å². The van der Waals surface area contributed by atoms with Crippen LogP contribution in [0.1, 0.15) is 44.7 Å². The summed E-state index contributed by atoms with van der Waals surface area (Å²) < 4.78 is 0. The summed E-state index contributed by atoms with van der Waals surface area (Å²) in [6.07, 6.45) is 2.45. The van der Waals surface area contributed by atoms with Crippen LogP contribution < -0.4 is 11.1 Å². The molecule has 1 amide bonds. The molecule has 0 radical (unpaired) electrons. The largest absolute Gasteiger partial charge is 0.348 e. The van der Waals surface area contributed by atoms with Gasteiger partial charge in [-0.25, -0.2) is 0 Å². The molecule has 1 aromatic carbocycles. The molecular formula is C14H22Cl2N2O. The number of benzene rings is 1. The highest BCUT2D eigenvalue weighted by atomic mass is 35.5. The molecule has 2 atom stereocenters. The summed E-state index contributed by atoms with van der Waals surface area (Å²) in [6.45, 7) is 4.05. The van der Waals surface area contributed by atoms with E-state index in [0.29, 0.717) is 11.4 Å². The molecule has 0 fully saturated rings. The van der Waals surface area contributed by atoms with E-state index in [1.807, 2.05) is 38.1 Å². The molecule has 0 spiro atoms. The van der Waals surface area contributed by atoms with Crippen LogP contribution in [0.4, 0.5) is 0 Å². The van der Waals surface area contributed by atoms with Crippen molar-refractivity contribution >= 4 is 29.9 Å². The zero-order valence-electron chi connectivity index (χ0n) is 11.4. The van der Waals surface area contributed by atoms with Crippen LogP contribution in [0.15, 0.2) is 24.3 Å². The summed E-state index contributed by atoms with van der Waals surface area (Å²) in [5.41, 5.74) is 6.85. The van der Waals surface area contributed by atoms with Gasteiger partial charge in [0.2, 0.25) is 5.91 Å². The molecule has 2 unspecified atom stereocenters. The summed E-state index contributed by atoms with van der Waals surface area (Å²) in [4.78, 5) is 11.9. The molecule has 0 aliphatic rings. The third-order valence-electron chi connectivity index (χ3n) is 2.93. The molecule has 1 rings (SSSR count). The standard InChI is InChI=1S/C14H21ClN2O.ClH/c1-3-5-12(16)14(18)17-13(4-2)10-6-8-11(15)9-7-10;/h6-9,12-13H,3-5,16H2,1-2H3,(H,17,18);1H. The molecule has 3 nitrogen and oxygen atoms in total. The first-order valence-corrected chi connectivity index (χ1v) is 6.77. The van der Waals surface area contributed by atoms with Crippen molar-refractivity contribution in [3.63, 3.8) is 0 Å². The van der Waals surface area contributed by atoms with E-state index in [-0.39, 0.29) is 24.4 Å². The Bertz CT molecular complexity index is 382. The first kappa shape index (κ1) is 18.2. The van der Waals surface area contributed by atoms with Crippen LogP contribution in [0.3, 0.4) is 0 Å². The zero-order valence-corrected chi connectivity index (χ0v) is 12.9. The lowest BCUT2D eigenvalue weighted by Gasteiger charge is -2.20. The lowest BCUT2D eigenvalue weighted by molar-refractivity contribution is -0.123. The molecule has 0 aliphatic carbocycles. The van der Waals surface area contributed by atoms with E-state index in [1.165, 1.54) is 0 Å². The Morgan fingerprint density at radius 3 is 2.37 bits per heavy atom. The number of rotatable bonds is 6. The van der Waals surface area contributed by atoms with Crippen molar-refractivity contribution in [1.82, 2.24) is 5.32 Å². The van der Waals surface area contributed by atoms with E-state index in [4.69, 9.17) is 17.3 Å². The summed E-state index contributed by atoms with van der Waals surface area (Å²) in [6, 6.07) is 7.11. The molecule has 0 bridgehead atoms. The molecule has 0 aliphatic heterocycles. The van der Waals surface area contributed by atoms with Crippen molar-refractivity contribution in [3.05, 3.63) is 34.9 Å². The van der Waals surface area contributed by atoms with Crippen molar-refractivity contribution < 1.29 is 4.79 Å². The summed E-state index contributed by atoms with van der Waals surface area (Å²) in [5.74, 6) is -0.0846. The molecule has 5 heteroatoms. The molecule has 0 aromatic heterocycles. The molecule has 19 heavy (non-hydrogen) atoms. The van der Waals surface area contributed by atoms with Gasteiger partial charge >= 0.3 is 0 Å². The Hall–Kier alpha value is -0.770. The third-order valence-corrected chi connectivity index (χ3v) is 3.19. The average molecular weight is 305 g/mol. The fraction of sp³-hybridized carbons (Fsp3) is 0.500. The molecule has 108 valence electrons. The quantitative estimate of drug-likeness (QED) is 0.845. The van der Waals surface area contributed by atoms with Crippen molar-refractivity contribution in [1.29, 1.82) is 0 Å². The van der Waals surface area contributed by atoms with Crippen LogP contribution in [-0.4, -0.2) is 11.9 Å². The summed E-state index contributed by atoms with van der Waals surface area (Å²) >= 11 is 5.85. The lowest BCUT2D eigenvalue weighted by Crippen LogP contribution is -2.42. The minimum Gasteiger partial charge on any atom is -0.348 e. The van der Waals surface area contributed by atoms with Crippen LogP contribution in [-0.2, 0) is 4.79 Å². The van der Waals surface area contributed by atoms with Gasteiger partial charge in [-0.1, -0.05) is 44.0 Å². The number of hydrogen-bond acceptors (Lipinski definition) is 2. The third kappa shape index (κ3) is 5.81. The second-order valence-electron chi connectivity index (χ2n) is 4.42. The fourth-order valence-corrected chi connectivity index (χ4v) is 1.96. The van der Waals surface area contributed by atoms with Crippen molar-refractivity contribution in [2.24, 2.45) is 5.73 Å². The number of nitrogens with one attached hydrogen (secondary N) is 1. The maximum absolute atomic E-state index is 11.9. The van der Waals surface area contributed by atoms with Gasteiger partial charge in [-0.15, -0.1) is 12.4 Å². The Balaban J connectivity index is 0.00000324. The first-order chi connectivity index (χ1) is 8.58. The number of carbonyl (C=O) groups excluding carboxylic acids is 1. The zero-order chi connectivity index (χ0) is 13.5. The fourth-order valence-electron chi connectivity index (χ4n) is 1.84. The monoisotopic (exact) mass is 304 g/mol. The van der Waals surface area contributed by atoms with Gasteiger partial charge < -0.3 is 11.1 Å². The number of halogens is 2. The first-order valence-electron chi connectivity index (χ1n) is 6.39. The van der Waals surface area contributed by atoms with Gasteiger partial charge in [0, 0.05) is 5.02 Å². The van der Waals surface area contributed by atoms with E-state index in [9.17, 15) is 4.79 Å². The van der Waals surface area contributed by atoms with Crippen LogP contribution >= 0.6 is 24.0 Å². The maximum atomic E-state index is 11.9. The second-order valence-corrected chi connectivity index (χ2v) is 4.85. The van der Waals surface area contributed by atoms with Crippen molar-refractivity contribution in [2.45, 2.75) is 45.2 Å². The van der Waals surface area contributed by atoms with Gasteiger partial charge in [-0.3, -0.25) is 4.79 Å². The van der Waals surface area contributed by atoms with Crippen molar-refractivity contribution in [2.75, 3.05) is 0 Å². The minimum atomic E-state index is -0.420. The predicted octanol–water partition coefficient (Wildman–Crippen LogP) is 3.46. The van der Waals surface area contributed by atoms with E-state index in [1.54, 1.807) is 0 Å². The average Bonchev–Trinajstić information content (AvgIpc) is 2.37. The van der Waals surface area contributed by atoms with Crippen LogP contribution in [0.5, 0.6) is 0 Å². The molecule has 0 heterocycles. The van der Waals surface area contributed by atoms with Crippen LogP contribution in [0, 0.1) is 0 Å². The smallest absolute Gasteiger partial charge is 0.237 e. The number of hydrogen-bond donors (Lipinski definition) is 2. The van der Waals surface area contributed by atoms with Crippen molar-refractivity contribution in [3.8, 4) is 0 Å². The topological polar surface area (TPSA) is 55.1 Å². The number of carbonyl (C=O) groups is 1. The van der Waals surface area contributed by atoms with Gasteiger partial charge in [-0.2, -0.15) is 0 Å². The van der Waals surface area contributed by atoms with Gasteiger partial charge in [0.25, 0.3) is 0 Å². The van der Waals surface area contributed by atoms with Gasteiger partial charge in [0.05, 0.1) is 12.1 Å². The highest BCUT2D eigenvalue weighted by molar-refractivity contribution is 6.30. The highest BCUT2D eigenvalue weighted by Crippen LogP contribution is 2.19. The molecule has 3 N–H and O–H groups in total. The Kier molecular flexibility index (Phi) is 8.81. The van der Waals surface area contributed by atoms with E-state index in [0.717, 1.165) is 18.4 Å². The Morgan fingerprint density at radius 1 is 1.32 bits per heavy atom. The van der Waals surface area contributed by atoms with E-state index >= 15 is 0 Å². The lowest BCUT2D eigenvalue weighted by atomic mass is 10.0. The van der Waals surface area contributed by atoms with Gasteiger partial charge in [0.15, 0.2) is 0 Å². The summed E-state index contributed by atoms with van der Waals surface area (Å²) in [5, 5.41) is 3.68. The number of nitrogens with two attached hydrogens (primary N) is 1.